The molecule has 2 aliphatic rings. The van der Waals surface area contributed by atoms with Crippen LogP contribution in [-0.4, -0.2) is 29.4 Å². The van der Waals surface area contributed by atoms with E-state index in [-0.39, 0.29) is 5.91 Å². The minimum absolute atomic E-state index is 0.0984. The molecular formula is C18H24F2N2O. The lowest BCUT2D eigenvalue weighted by Crippen LogP contribution is -2.60. The van der Waals surface area contributed by atoms with Crippen LogP contribution in [-0.2, 0) is 11.2 Å². The Kier molecular flexibility index (Phi) is 4.67. The summed E-state index contributed by atoms with van der Waals surface area (Å²) in [6, 6.07) is 4.08. The molecule has 1 heterocycles. The topological polar surface area (TPSA) is 46.3 Å². The molecule has 1 amide bonds. The largest absolute Gasteiger partial charge is 0.341 e. The number of likely N-dealkylation sites (tertiary alicyclic amines) is 1. The third-order valence-corrected chi connectivity index (χ3v) is 5.30. The van der Waals surface area contributed by atoms with Crippen molar-refractivity contribution in [3.05, 3.63) is 35.4 Å². The third kappa shape index (κ3) is 3.55. The number of nitrogens with two attached hydrogens (primary N) is 1. The number of aryl methyl sites for hydroxylation is 1. The van der Waals surface area contributed by atoms with Gasteiger partial charge in [0.05, 0.1) is 5.54 Å². The van der Waals surface area contributed by atoms with E-state index in [0.29, 0.717) is 12.3 Å². The molecule has 126 valence electrons. The molecule has 1 aromatic rings. The molecule has 3 rings (SSSR count). The first-order chi connectivity index (χ1) is 11.0. The van der Waals surface area contributed by atoms with Gasteiger partial charge in [-0.25, -0.2) is 8.78 Å². The summed E-state index contributed by atoms with van der Waals surface area (Å²) >= 11 is 0. The van der Waals surface area contributed by atoms with Crippen LogP contribution in [0.1, 0.15) is 44.1 Å². The van der Waals surface area contributed by atoms with Crippen LogP contribution < -0.4 is 5.73 Å². The Hall–Kier alpha value is -1.49. The summed E-state index contributed by atoms with van der Waals surface area (Å²) in [6.07, 6.45) is 6.28. The number of halogens is 2. The fraction of sp³-hybridized carbons (Fsp3) is 0.611. The van der Waals surface area contributed by atoms with Crippen molar-refractivity contribution in [2.45, 2.75) is 50.5 Å². The summed E-state index contributed by atoms with van der Waals surface area (Å²) in [5, 5.41) is 0. The van der Waals surface area contributed by atoms with Crippen molar-refractivity contribution in [3.63, 3.8) is 0 Å². The molecule has 1 aromatic carbocycles. The summed E-state index contributed by atoms with van der Waals surface area (Å²) in [5.41, 5.74) is 6.33. The average Bonchev–Trinajstić information content (AvgIpc) is 2.53. The Balaban J connectivity index is 1.54. The highest BCUT2D eigenvalue weighted by Crippen LogP contribution is 2.33. The van der Waals surface area contributed by atoms with Crippen molar-refractivity contribution in [1.29, 1.82) is 0 Å². The van der Waals surface area contributed by atoms with E-state index in [4.69, 9.17) is 5.73 Å². The Bertz CT molecular complexity index is 586. The van der Waals surface area contributed by atoms with Crippen molar-refractivity contribution >= 4 is 5.91 Å². The van der Waals surface area contributed by atoms with E-state index < -0.39 is 17.2 Å². The van der Waals surface area contributed by atoms with Gasteiger partial charge in [0.1, 0.15) is 0 Å². The lowest BCUT2D eigenvalue weighted by Gasteiger charge is -2.43. The second-order valence-corrected chi connectivity index (χ2v) is 7.06. The highest BCUT2D eigenvalue weighted by molar-refractivity contribution is 5.87. The SMILES string of the molecule is NC1(C(=O)N2CCC[C@@H](CCc3ccc(F)c(F)c3)C2)CCC1. The van der Waals surface area contributed by atoms with Crippen LogP contribution in [0, 0.1) is 17.6 Å². The van der Waals surface area contributed by atoms with E-state index in [1.165, 1.54) is 12.1 Å². The fourth-order valence-corrected chi connectivity index (χ4v) is 3.64. The molecule has 1 aliphatic carbocycles. The lowest BCUT2D eigenvalue weighted by molar-refractivity contribution is -0.142. The van der Waals surface area contributed by atoms with Gasteiger partial charge in [-0.15, -0.1) is 0 Å². The summed E-state index contributed by atoms with van der Waals surface area (Å²) < 4.78 is 26.2. The van der Waals surface area contributed by atoms with E-state index in [1.807, 2.05) is 4.90 Å². The molecule has 1 saturated carbocycles. The number of benzene rings is 1. The van der Waals surface area contributed by atoms with Gasteiger partial charge in [0.15, 0.2) is 11.6 Å². The van der Waals surface area contributed by atoms with E-state index in [9.17, 15) is 13.6 Å². The predicted octanol–water partition coefficient (Wildman–Crippen LogP) is 3.02. The average molecular weight is 322 g/mol. The van der Waals surface area contributed by atoms with Crippen LogP contribution in [0.5, 0.6) is 0 Å². The van der Waals surface area contributed by atoms with Crippen LogP contribution in [0.25, 0.3) is 0 Å². The Labute approximate surface area is 135 Å². The molecule has 0 bridgehead atoms. The summed E-state index contributed by atoms with van der Waals surface area (Å²) in [7, 11) is 0. The van der Waals surface area contributed by atoms with Crippen LogP contribution in [0.2, 0.25) is 0 Å². The zero-order valence-corrected chi connectivity index (χ0v) is 13.4. The van der Waals surface area contributed by atoms with Gasteiger partial charge < -0.3 is 10.6 Å². The van der Waals surface area contributed by atoms with Crippen molar-refractivity contribution in [2.24, 2.45) is 11.7 Å². The smallest absolute Gasteiger partial charge is 0.242 e. The molecule has 0 aromatic heterocycles. The predicted molar refractivity (Wildman–Crippen MR) is 84.8 cm³/mol. The van der Waals surface area contributed by atoms with Crippen LogP contribution in [0.15, 0.2) is 18.2 Å². The molecule has 23 heavy (non-hydrogen) atoms. The first kappa shape index (κ1) is 16.4. The molecule has 2 N–H and O–H groups in total. The molecule has 2 fully saturated rings. The number of nitrogens with zero attached hydrogens (tertiary/aromatic N) is 1. The highest BCUT2D eigenvalue weighted by atomic mass is 19.2. The van der Waals surface area contributed by atoms with Crippen molar-refractivity contribution in [3.8, 4) is 0 Å². The third-order valence-electron chi connectivity index (χ3n) is 5.30. The Morgan fingerprint density at radius 3 is 2.70 bits per heavy atom. The zero-order chi connectivity index (χ0) is 16.4. The normalized spacial score (nSPS) is 23.4. The van der Waals surface area contributed by atoms with Crippen LogP contribution in [0.4, 0.5) is 8.78 Å². The summed E-state index contributed by atoms with van der Waals surface area (Å²) in [4.78, 5) is 14.4. The number of amides is 1. The number of carbonyl (C=O) groups excluding carboxylic acids is 1. The maximum Gasteiger partial charge on any atom is 0.242 e. The minimum atomic E-state index is -0.808. The van der Waals surface area contributed by atoms with Gasteiger partial charge in [0.25, 0.3) is 0 Å². The monoisotopic (exact) mass is 322 g/mol. The van der Waals surface area contributed by atoms with Crippen molar-refractivity contribution in [2.75, 3.05) is 13.1 Å². The summed E-state index contributed by atoms with van der Waals surface area (Å²) in [6.45, 7) is 1.53. The molecular weight excluding hydrogens is 298 g/mol. The number of hydrogen-bond donors (Lipinski definition) is 1. The molecule has 3 nitrogen and oxygen atoms in total. The quantitative estimate of drug-likeness (QED) is 0.926. The maximum atomic E-state index is 13.2. The lowest BCUT2D eigenvalue weighted by atomic mass is 9.76. The van der Waals surface area contributed by atoms with Crippen molar-refractivity contribution in [1.82, 2.24) is 4.90 Å². The number of carbonyl (C=O) groups is 1. The van der Waals surface area contributed by atoms with Crippen molar-refractivity contribution < 1.29 is 13.6 Å². The maximum absolute atomic E-state index is 13.2. The second kappa shape index (κ2) is 6.56. The Morgan fingerprint density at radius 1 is 1.26 bits per heavy atom. The van der Waals surface area contributed by atoms with E-state index in [2.05, 4.69) is 0 Å². The number of rotatable bonds is 4. The molecule has 0 spiro atoms. The van der Waals surface area contributed by atoms with Crippen LogP contribution in [0.3, 0.4) is 0 Å². The van der Waals surface area contributed by atoms with E-state index in [0.717, 1.165) is 57.2 Å². The van der Waals surface area contributed by atoms with Gasteiger partial charge in [-0.3, -0.25) is 4.79 Å². The van der Waals surface area contributed by atoms with Gasteiger partial charge in [0, 0.05) is 13.1 Å². The fourth-order valence-electron chi connectivity index (χ4n) is 3.64. The number of hydrogen-bond acceptors (Lipinski definition) is 2. The van der Waals surface area contributed by atoms with E-state index >= 15 is 0 Å². The second-order valence-electron chi connectivity index (χ2n) is 7.06. The first-order valence-corrected chi connectivity index (χ1v) is 8.50. The molecule has 1 saturated heterocycles. The molecule has 1 atom stereocenters. The molecule has 0 radical (unpaired) electrons. The zero-order valence-electron chi connectivity index (χ0n) is 13.4. The van der Waals surface area contributed by atoms with Crippen LogP contribution >= 0.6 is 0 Å². The van der Waals surface area contributed by atoms with Gasteiger partial charge in [-0.05, 0) is 68.6 Å². The standard InChI is InChI=1S/C18H24F2N2O/c19-15-7-6-13(11-16(15)20)4-5-14-3-1-10-22(12-14)17(23)18(21)8-2-9-18/h6-7,11,14H,1-5,8-10,12,21H2/t14-/m0/s1. The van der Waals surface area contributed by atoms with Gasteiger partial charge >= 0.3 is 0 Å². The Morgan fingerprint density at radius 2 is 2.04 bits per heavy atom. The highest BCUT2D eigenvalue weighted by Gasteiger charge is 2.43. The molecule has 0 unspecified atom stereocenters. The first-order valence-electron chi connectivity index (χ1n) is 8.50. The minimum Gasteiger partial charge on any atom is -0.341 e. The van der Waals surface area contributed by atoms with Gasteiger partial charge in [-0.1, -0.05) is 6.07 Å². The molecule has 5 heteroatoms. The van der Waals surface area contributed by atoms with Gasteiger partial charge in [0.2, 0.25) is 5.91 Å². The van der Waals surface area contributed by atoms with E-state index in [1.54, 1.807) is 6.07 Å². The number of piperidine rings is 1. The van der Waals surface area contributed by atoms with Gasteiger partial charge in [-0.2, -0.15) is 0 Å². The summed E-state index contributed by atoms with van der Waals surface area (Å²) in [5.74, 6) is -1.10. The molecule has 1 aliphatic heterocycles.